The van der Waals surface area contributed by atoms with E-state index in [1.807, 2.05) is 0 Å². The summed E-state index contributed by atoms with van der Waals surface area (Å²) in [4.78, 5) is 17.5. The molecule has 21 heavy (non-hydrogen) atoms. The summed E-state index contributed by atoms with van der Waals surface area (Å²) in [6, 6.07) is 1.57. The third-order valence-electron chi connectivity index (χ3n) is 1.36. The molecule has 0 saturated heterocycles. The summed E-state index contributed by atoms with van der Waals surface area (Å²) >= 11 is -0.750. The maximum absolute atomic E-state index is 11.8. The molecule has 2 rings (SSSR count). The number of nitrogens with one attached hydrogen (secondary N) is 2. The van der Waals surface area contributed by atoms with E-state index < -0.39 is 33.0 Å². The molecular weight excluding hydrogens is 338 g/mol. The monoisotopic (exact) mass is 344 g/mol. The van der Waals surface area contributed by atoms with Gasteiger partial charge in [-0.3, -0.25) is 0 Å². The van der Waals surface area contributed by atoms with E-state index in [0.29, 0.717) is 5.82 Å². The van der Waals surface area contributed by atoms with Crippen molar-refractivity contribution in [3.63, 3.8) is 0 Å². The fraction of sp³-hybridized carbons (Fsp3) is 0. The first kappa shape index (κ1) is 18.4. The average Bonchev–Trinajstić information content (AvgIpc) is 2.77. The Morgan fingerprint density at radius 2 is 1.95 bits per heavy atom. The van der Waals surface area contributed by atoms with E-state index in [0.717, 1.165) is 0 Å². The Balaban J connectivity index is 0.000000327. The molecule has 0 aliphatic carbocycles. The van der Waals surface area contributed by atoms with Gasteiger partial charge in [0.15, 0.2) is 11.9 Å². The molecule has 116 valence electrons. The van der Waals surface area contributed by atoms with Gasteiger partial charge in [0.25, 0.3) is 0 Å². The SMILES string of the molecule is Nc1cc[nH+]c(=O)[nH]1.O=S(=O)(F)c1nnc(F)[n-]1.O=S=O. The second kappa shape index (κ2) is 8.59. The maximum atomic E-state index is 11.8. The van der Waals surface area contributed by atoms with E-state index in [1.165, 1.54) is 6.20 Å². The summed E-state index contributed by atoms with van der Waals surface area (Å²) < 4.78 is 59.8. The van der Waals surface area contributed by atoms with Crippen LogP contribution in [-0.2, 0) is 21.8 Å². The molecule has 15 heteroatoms. The Kier molecular flexibility index (Phi) is 7.54. The number of aromatic nitrogens is 5. The van der Waals surface area contributed by atoms with Gasteiger partial charge in [0.05, 0.1) is 6.20 Å². The van der Waals surface area contributed by atoms with Crippen LogP contribution in [0, 0.1) is 6.08 Å². The fourth-order valence-corrected chi connectivity index (χ4v) is 1.05. The number of halogens is 2. The number of aromatic amines is 2. The third kappa shape index (κ3) is 8.26. The summed E-state index contributed by atoms with van der Waals surface area (Å²) in [6.07, 6.45) is 0.116. The molecular formula is C6H6F2N6O5S2. The van der Waals surface area contributed by atoms with Gasteiger partial charge in [0.2, 0.25) is 0 Å². The number of H-pyrrole nitrogens is 2. The highest BCUT2D eigenvalue weighted by atomic mass is 32.3. The zero-order valence-electron chi connectivity index (χ0n) is 9.69. The lowest BCUT2D eigenvalue weighted by Gasteiger charge is -1.87. The Morgan fingerprint density at radius 3 is 2.19 bits per heavy atom. The second-order valence-corrected chi connectivity index (χ2v) is 4.13. The molecule has 0 spiro atoms. The first-order valence-electron chi connectivity index (χ1n) is 4.46. The minimum Gasteiger partial charge on any atom is -0.366 e. The molecule has 2 aromatic heterocycles. The van der Waals surface area contributed by atoms with Crippen LogP contribution in [0.3, 0.4) is 0 Å². The summed E-state index contributed by atoms with van der Waals surface area (Å²) in [5.41, 5.74) is 4.90. The summed E-state index contributed by atoms with van der Waals surface area (Å²) in [7, 11) is -5.01. The number of rotatable bonds is 1. The van der Waals surface area contributed by atoms with Gasteiger partial charge >= 0.3 is 27.5 Å². The molecule has 0 atom stereocenters. The molecule has 0 aliphatic rings. The normalized spacial score (nSPS) is 9.62. The molecule has 0 fully saturated rings. The zero-order valence-corrected chi connectivity index (χ0v) is 11.3. The van der Waals surface area contributed by atoms with E-state index in [-0.39, 0.29) is 5.69 Å². The number of nitrogen functional groups attached to an aromatic ring is 1. The van der Waals surface area contributed by atoms with Crippen molar-refractivity contribution in [3.05, 3.63) is 28.8 Å². The minimum absolute atomic E-state index is 0.287. The first-order valence-corrected chi connectivity index (χ1v) is 6.51. The van der Waals surface area contributed by atoms with Crippen LogP contribution in [-0.4, -0.2) is 32.0 Å². The zero-order chi connectivity index (χ0) is 16.5. The van der Waals surface area contributed by atoms with Crippen molar-refractivity contribution >= 4 is 27.6 Å². The van der Waals surface area contributed by atoms with Crippen LogP contribution >= 0.6 is 0 Å². The van der Waals surface area contributed by atoms with Crippen molar-refractivity contribution in [2.75, 3.05) is 5.73 Å². The average molecular weight is 344 g/mol. The molecule has 0 amide bonds. The highest BCUT2D eigenvalue weighted by Crippen LogP contribution is 2.02. The van der Waals surface area contributed by atoms with E-state index in [9.17, 15) is 21.5 Å². The van der Waals surface area contributed by atoms with Crippen molar-refractivity contribution < 1.29 is 30.1 Å². The van der Waals surface area contributed by atoms with Gasteiger partial charge in [-0.1, -0.05) is 3.89 Å². The lowest BCUT2D eigenvalue weighted by Crippen LogP contribution is -2.28. The Morgan fingerprint density at radius 1 is 1.38 bits per heavy atom. The molecule has 0 bridgehead atoms. The fourth-order valence-electron chi connectivity index (χ4n) is 0.727. The standard InChI is InChI=1S/C4H5N3O.C2F2N3O2S.O2S/c5-3-1-2-6-4(8)7-3;3-1-5-2(7-6-1)10(4,8)9;1-3-2/h1-2H,(H3,5,6,7,8);;/q;-1;/p+1. The van der Waals surface area contributed by atoms with Crippen LogP contribution in [0.2, 0.25) is 0 Å². The lowest BCUT2D eigenvalue weighted by molar-refractivity contribution is -0.402. The number of nitrogens with zero attached hydrogens (tertiary/aromatic N) is 3. The lowest BCUT2D eigenvalue weighted by atomic mass is 10.6. The van der Waals surface area contributed by atoms with Crippen molar-refractivity contribution in [3.8, 4) is 0 Å². The van der Waals surface area contributed by atoms with E-state index >= 15 is 0 Å². The van der Waals surface area contributed by atoms with Crippen LogP contribution in [0.5, 0.6) is 0 Å². The summed E-state index contributed by atoms with van der Waals surface area (Å²) in [6.45, 7) is 0. The molecule has 0 aromatic carbocycles. The van der Waals surface area contributed by atoms with Crippen molar-refractivity contribution in [2.24, 2.45) is 0 Å². The van der Waals surface area contributed by atoms with Crippen molar-refractivity contribution in [2.45, 2.75) is 5.16 Å². The Hall–Kier alpha value is -2.55. The second-order valence-electron chi connectivity index (χ2n) is 2.76. The van der Waals surface area contributed by atoms with Gasteiger partial charge in [-0.15, -0.1) is 0 Å². The van der Waals surface area contributed by atoms with E-state index in [1.54, 1.807) is 6.07 Å². The van der Waals surface area contributed by atoms with Gasteiger partial charge < -0.3 is 20.9 Å². The molecule has 0 saturated carbocycles. The minimum atomic E-state index is -5.01. The third-order valence-corrected chi connectivity index (χ3v) is 1.97. The van der Waals surface area contributed by atoms with Crippen molar-refractivity contribution in [1.82, 2.24) is 20.2 Å². The van der Waals surface area contributed by atoms with Gasteiger partial charge in [-0.2, -0.15) is 31.0 Å². The number of nitrogens with two attached hydrogens (primary N) is 1. The number of hydrogen-bond donors (Lipinski definition) is 2. The van der Waals surface area contributed by atoms with E-state index in [4.69, 9.17) is 14.2 Å². The van der Waals surface area contributed by atoms with Crippen LogP contribution in [0.15, 0.2) is 22.2 Å². The summed E-state index contributed by atoms with van der Waals surface area (Å²) in [5.74, 6) is 0.369. The van der Waals surface area contributed by atoms with Crippen LogP contribution < -0.4 is 21.4 Å². The molecule has 0 aliphatic heterocycles. The highest BCUT2D eigenvalue weighted by Gasteiger charge is 2.09. The van der Waals surface area contributed by atoms with Gasteiger partial charge in [-0.05, 0) is 0 Å². The van der Waals surface area contributed by atoms with E-state index in [2.05, 4.69) is 25.1 Å². The smallest absolute Gasteiger partial charge is 0.366 e. The Labute approximate surface area is 118 Å². The Bertz CT molecular complexity index is 768. The molecule has 11 nitrogen and oxygen atoms in total. The molecule has 2 aromatic rings. The van der Waals surface area contributed by atoms with Crippen LogP contribution in [0.4, 0.5) is 14.1 Å². The number of hydrogen-bond acceptors (Lipinski definition) is 8. The number of anilines is 1. The molecule has 0 unspecified atom stereocenters. The highest BCUT2D eigenvalue weighted by molar-refractivity contribution is 7.86. The molecule has 0 radical (unpaired) electrons. The molecule has 4 N–H and O–H groups in total. The molecule has 2 heterocycles. The summed E-state index contributed by atoms with van der Waals surface area (Å²) in [5, 5.41) is 3.88. The maximum Gasteiger partial charge on any atom is 0.495 e. The van der Waals surface area contributed by atoms with Crippen LogP contribution in [0.25, 0.3) is 0 Å². The van der Waals surface area contributed by atoms with Gasteiger partial charge in [-0.25, -0.2) is 4.98 Å². The van der Waals surface area contributed by atoms with Crippen molar-refractivity contribution in [1.29, 1.82) is 0 Å². The van der Waals surface area contributed by atoms with Gasteiger partial charge in [0.1, 0.15) is 5.16 Å². The quantitative estimate of drug-likeness (QED) is 0.521. The predicted octanol–water partition coefficient (Wildman–Crippen LogP) is -2.67. The predicted molar refractivity (Wildman–Crippen MR) is 60.6 cm³/mol. The first-order chi connectivity index (χ1) is 9.70. The van der Waals surface area contributed by atoms with Gasteiger partial charge in [0, 0.05) is 6.07 Å². The topological polar surface area (TPSA) is 181 Å². The largest absolute Gasteiger partial charge is 0.495 e. The van der Waals surface area contributed by atoms with Crippen LogP contribution in [0.1, 0.15) is 0 Å².